The van der Waals surface area contributed by atoms with E-state index in [9.17, 15) is 0 Å². The number of methoxy groups -OCH3 is 1. The molecule has 6 heteroatoms. The van der Waals surface area contributed by atoms with Gasteiger partial charge in [-0.3, -0.25) is 0 Å². The van der Waals surface area contributed by atoms with E-state index in [1.165, 1.54) is 16.8 Å². The maximum atomic E-state index is 5.89. The third-order valence-electron chi connectivity index (χ3n) is 5.52. The molecule has 0 amide bonds. The highest BCUT2D eigenvalue weighted by Gasteiger charge is 2.28. The standard InChI is InChI=1S/C25H30N2O4/c1-5-29-22-13-17(10-11-21(22)28-4)25-19-9-8-12-27(19)20-15-24(31-7-3)23(30-6-2)14-18(20)16-26-25/h8-15,25-26H,5-7,16H2,1-4H3/p+1/t25-/m1/s1. The minimum absolute atomic E-state index is 0.124. The third kappa shape index (κ3) is 4.08. The molecular formula is C25H31N2O4+. The van der Waals surface area contributed by atoms with Gasteiger partial charge in [0, 0.05) is 23.4 Å². The first-order chi connectivity index (χ1) is 15.2. The molecule has 0 saturated heterocycles. The molecule has 0 fully saturated rings. The van der Waals surface area contributed by atoms with E-state index in [0.717, 1.165) is 35.2 Å². The summed E-state index contributed by atoms with van der Waals surface area (Å²) in [7, 11) is 1.67. The minimum Gasteiger partial charge on any atom is -0.493 e. The highest BCUT2D eigenvalue weighted by Crippen LogP contribution is 2.37. The summed E-state index contributed by atoms with van der Waals surface area (Å²) in [5, 5.41) is 2.35. The lowest BCUT2D eigenvalue weighted by atomic mass is 10.0. The molecule has 0 spiro atoms. The highest BCUT2D eigenvalue weighted by molar-refractivity contribution is 5.56. The average molecular weight is 424 g/mol. The normalized spacial score (nSPS) is 14.9. The van der Waals surface area contributed by atoms with E-state index in [0.29, 0.717) is 19.8 Å². The van der Waals surface area contributed by atoms with Crippen molar-refractivity contribution in [3.8, 4) is 28.7 Å². The average Bonchev–Trinajstić information content (AvgIpc) is 3.20. The highest BCUT2D eigenvalue weighted by atomic mass is 16.5. The van der Waals surface area contributed by atoms with Gasteiger partial charge in [0.05, 0.1) is 38.3 Å². The molecule has 2 N–H and O–H groups in total. The number of aromatic nitrogens is 1. The molecule has 2 heterocycles. The quantitative estimate of drug-likeness (QED) is 0.598. The van der Waals surface area contributed by atoms with E-state index in [1.807, 2.05) is 26.8 Å². The van der Waals surface area contributed by atoms with Crippen LogP contribution in [0.4, 0.5) is 0 Å². The van der Waals surface area contributed by atoms with Crippen LogP contribution in [0.15, 0.2) is 48.7 Å². The van der Waals surface area contributed by atoms with Crippen molar-refractivity contribution < 1.29 is 24.3 Å². The van der Waals surface area contributed by atoms with Crippen molar-refractivity contribution in [2.75, 3.05) is 26.9 Å². The maximum absolute atomic E-state index is 5.89. The molecule has 1 aromatic heterocycles. The van der Waals surface area contributed by atoms with Gasteiger partial charge in [0.2, 0.25) is 0 Å². The van der Waals surface area contributed by atoms with Crippen molar-refractivity contribution in [3.63, 3.8) is 0 Å². The summed E-state index contributed by atoms with van der Waals surface area (Å²) in [6.45, 7) is 8.58. The molecule has 0 saturated carbocycles. The molecule has 3 aromatic rings. The maximum Gasteiger partial charge on any atom is 0.163 e. The molecule has 0 bridgehead atoms. The Morgan fingerprint density at radius 1 is 0.871 bits per heavy atom. The van der Waals surface area contributed by atoms with Gasteiger partial charge >= 0.3 is 0 Å². The van der Waals surface area contributed by atoms with Gasteiger partial charge in [0.25, 0.3) is 0 Å². The largest absolute Gasteiger partial charge is 0.493 e. The van der Waals surface area contributed by atoms with E-state index >= 15 is 0 Å². The fraction of sp³-hybridized carbons (Fsp3) is 0.360. The number of rotatable bonds is 8. The number of ether oxygens (including phenoxy) is 4. The van der Waals surface area contributed by atoms with Gasteiger partial charge in [-0.05, 0) is 57.2 Å². The molecule has 1 aliphatic heterocycles. The van der Waals surface area contributed by atoms with Crippen molar-refractivity contribution in [1.29, 1.82) is 0 Å². The fourth-order valence-electron chi connectivity index (χ4n) is 4.21. The van der Waals surface area contributed by atoms with Gasteiger partial charge in [-0.1, -0.05) is 0 Å². The number of hydrogen-bond acceptors (Lipinski definition) is 4. The molecule has 1 atom stereocenters. The first kappa shape index (κ1) is 21.1. The molecule has 1 aliphatic rings. The van der Waals surface area contributed by atoms with Crippen LogP contribution in [-0.4, -0.2) is 31.5 Å². The Morgan fingerprint density at radius 2 is 1.55 bits per heavy atom. The second kappa shape index (κ2) is 9.35. The summed E-state index contributed by atoms with van der Waals surface area (Å²) in [4.78, 5) is 0. The first-order valence-corrected chi connectivity index (χ1v) is 10.9. The van der Waals surface area contributed by atoms with Gasteiger partial charge in [-0.2, -0.15) is 0 Å². The molecule has 31 heavy (non-hydrogen) atoms. The van der Waals surface area contributed by atoms with Crippen LogP contribution in [-0.2, 0) is 6.54 Å². The van der Waals surface area contributed by atoms with Crippen molar-refractivity contribution in [2.45, 2.75) is 33.4 Å². The predicted molar refractivity (Wildman–Crippen MR) is 120 cm³/mol. The lowest BCUT2D eigenvalue weighted by Crippen LogP contribution is -2.83. The lowest BCUT2D eigenvalue weighted by Gasteiger charge is -2.17. The Labute approximate surface area is 183 Å². The van der Waals surface area contributed by atoms with Gasteiger partial charge in [0.15, 0.2) is 29.0 Å². The van der Waals surface area contributed by atoms with E-state index in [4.69, 9.17) is 18.9 Å². The smallest absolute Gasteiger partial charge is 0.163 e. The van der Waals surface area contributed by atoms with E-state index in [-0.39, 0.29) is 6.04 Å². The van der Waals surface area contributed by atoms with Crippen molar-refractivity contribution in [3.05, 3.63) is 65.5 Å². The summed E-state index contributed by atoms with van der Waals surface area (Å²) in [6.07, 6.45) is 2.11. The number of quaternary nitrogens is 1. The molecule has 0 unspecified atom stereocenters. The molecule has 164 valence electrons. The molecular weight excluding hydrogens is 392 g/mol. The minimum atomic E-state index is 0.124. The second-order valence-corrected chi connectivity index (χ2v) is 7.36. The number of nitrogens with zero attached hydrogens (tertiary/aromatic N) is 1. The fourth-order valence-corrected chi connectivity index (χ4v) is 4.21. The van der Waals surface area contributed by atoms with Crippen LogP contribution in [0.3, 0.4) is 0 Å². The monoisotopic (exact) mass is 423 g/mol. The summed E-state index contributed by atoms with van der Waals surface area (Å²) < 4.78 is 25.3. The van der Waals surface area contributed by atoms with Crippen molar-refractivity contribution >= 4 is 0 Å². The molecule has 4 rings (SSSR count). The number of nitrogens with two attached hydrogens (primary N) is 1. The van der Waals surface area contributed by atoms with Gasteiger partial charge in [-0.25, -0.2) is 0 Å². The summed E-state index contributed by atoms with van der Waals surface area (Å²) in [6, 6.07) is 14.8. The zero-order valence-corrected chi connectivity index (χ0v) is 18.7. The zero-order valence-electron chi connectivity index (χ0n) is 18.7. The Hall–Kier alpha value is -3.12. The Bertz CT molecular complexity index is 1040. The lowest BCUT2D eigenvalue weighted by molar-refractivity contribution is -0.702. The van der Waals surface area contributed by atoms with Gasteiger partial charge in [0.1, 0.15) is 6.54 Å². The van der Waals surface area contributed by atoms with Gasteiger partial charge in [-0.15, -0.1) is 0 Å². The third-order valence-corrected chi connectivity index (χ3v) is 5.52. The Morgan fingerprint density at radius 3 is 2.23 bits per heavy atom. The van der Waals surface area contributed by atoms with Crippen LogP contribution in [0.25, 0.3) is 5.69 Å². The molecule has 0 radical (unpaired) electrons. The number of hydrogen-bond donors (Lipinski definition) is 1. The van der Waals surface area contributed by atoms with Crippen molar-refractivity contribution in [2.24, 2.45) is 0 Å². The molecule has 0 aliphatic carbocycles. The summed E-state index contributed by atoms with van der Waals surface area (Å²) >= 11 is 0. The first-order valence-electron chi connectivity index (χ1n) is 10.9. The van der Waals surface area contributed by atoms with Crippen LogP contribution in [0.2, 0.25) is 0 Å². The number of fused-ring (bicyclic) bond motifs is 3. The SMILES string of the molecule is CCOc1cc([C@H]2[NH2+]Cc3cc(OCC)c(OCC)cc3-n3cccc32)ccc1OC. The predicted octanol–water partition coefficient (Wildman–Crippen LogP) is 3.85. The van der Waals surface area contributed by atoms with E-state index < -0.39 is 0 Å². The van der Waals surface area contributed by atoms with Crippen LogP contribution in [0, 0.1) is 0 Å². The van der Waals surface area contributed by atoms with Crippen LogP contribution < -0.4 is 24.3 Å². The molecule has 2 aromatic carbocycles. The van der Waals surface area contributed by atoms with Crippen molar-refractivity contribution in [1.82, 2.24) is 4.57 Å². The summed E-state index contributed by atoms with van der Waals surface area (Å²) in [5.74, 6) is 3.10. The second-order valence-electron chi connectivity index (χ2n) is 7.36. The Kier molecular flexibility index (Phi) is 6.37. The zero-order chi connectivity index (χ0) is 21.8. The van der Waals surface area contributed by atoms with Crippen LogP contribution >= 0.6 is 0 Å². The van der Waals surface area contributed by atoms with Gasteiger partial charge < -0.3 is 28.8 Å². The number of benzene rings is 2. The van der Waals surface area contributed by atoms with E-state index in [2.05, 4.69) is 52.5 Å². The molecule has 6 nitrogen and oxygen atoms in total. The van der Waals surface area contributed by atoms with E-state index in [1.54, 1.807) is 7.11 Å². The van der Waals surface area contributed by atoms with Crippen LogP contribution in [0.5, 0.6) is 23.0 Å². The summed E-state index contributed by atoms with van der Waals surface area (Å²) in [5.41, 5.74) is 4.72. The Balaban J connectivity index is 1.78. The topological polar surface area (TPSA) is 58.5 Å². The van der Waals surface area contributed by atoms with Crippen LogP contribution in [0.1, 0.15) is 43.6 Å².